The molecule has 0 spiro atoms. The predicted octanol–water partition coefficient (Wildman–Crippen LogP) is 2.99. The lowest BCUT2D eigenvalue weighted by molar-refractivity contribution is 0.182. The van der Waals surface area contributed by atoms with E-state index < -0.39 is 5.41 Å². The van der Waals surface area contributed by atoms with Crippen LogP contribution < -0.4 is 4.74 Å². The van der Waals surface area contributed by atoms with E-state index in [1.807, 2.05) is 0 Å². The van der Waals surface area contributed by atoms with Gasteiger partial charge in [0.2, 0.25) is 5.88 Å². The van der Waals surface area contributed by atoms with E-state index in [2.05, 4.69) is 15.1 Å². The summed E-state index contributed by atoms with van der Waals surface area (Å²) in [4.78, 5) is 8.72. The first-order chi connectivity index (χ1) is 12.2. The van der Waals surface area contributed by atoms with Crippen LogP contribution in [0.15, 0.2) is 47.1 Å². The molecule has 128 valence electrons. The molecule has 25 heavy (non-hydrogen) atoms. The van der Waals surface area contributed by atoms with E-state index in [9.17, 15) is 4.39 Å². The predicted molar refractivity (Wildman–Crippen MR) is 86.7 cm³/mol. The van der Waals surface area contributed by atoms with Crippen molar-refractivity contribution in [1.82, 2.24) is 15.1 Å². The summed E-state index contributed by atoms with van der Waals surface area (Å²) in [7, 11) is 1.54. The molecule has 0 aliphatic carbocycles. The minimum Gasteiger partial charge on any atom is -0.480 e. The van der Waals surface area contributed by atoms with Crippen molar-refractivity contribution in [1.29, 1.82) is 0 Å². The lowest BCUT2D eigenvalue weighted by Crippen LogP contribution is -2.29. The Bertz CT molecular complexity index is 873. The minimum atomic E-state index is -0.551. The van der Waals surface area contributed by atoms with Crippen molar-refractivity contribution in [2.45, 2.75) is 11.8 Å². The minimum absolute atomic E-state index is 0.285. The zero-order valence-corrected chi connectivity index (χ0v) is 13.6. The topological polar surface area (TPSA) is 70.3 Å². The van der Waals surface area contributed by atoms with Gasteiger partial charge in [-0.05, 0) is 36.2 Å². The fourth-order valence-corrected chi connectivity index (χ4v) is 3.11. The monoisotopic (exact) mass is 341 g/mol. The molecular weight excluding hydrogens is 325 g/mol. The van der Waals surface area contributed by atoms with E-state index in [1.165, 1.54) is 19.2 Å². The molecule has 1 atom stereocenters. The summed E-state index contributed by atoms with van der Waals surface area (Å²) in [6.07, 6.45) is 2.33. The third-order valence-electron chi connectivity index (χ3n) is 4.47. The lowest BCUT2D eigenvalue weighted by Gasteiger charge is -2.23. The number of rotatable bonds is 4. The molecule has 1 unspecified atom stereocenters. The average molecular weight is 341 g/mol. The number of benzene rings is 1. The molecule has 4 rings (SSSR count). The van der Waals surface area contributed by atoms with Crippen LogP contribution in [-0.4, -0.2) is 35.4 Å². The van der Waals surface area contributed by atoms with E-state index in [-0.39, 0.29) is 5.82 Å². The van der Waals surface area contributed by atoms with Crippen molar-refractivity contribution >= 4 is 0 Å². The highest BCUT2D eigenvalue weighted by Crippen LogP contribution is 2.39. The van der Waals surface area contributed by atoms with Crippen molar-refractivity contribution in [2.24, 2.45) is 0 Å². The van der Waals surface area contributed by atoms with Crippen molar-refractivity contribution in [3.05, 3.63) is 59.8 Å². The van der Waals surface area contributed by atoms with Crippen LogP contribution >= 0.6 is 0 Å². The van der Waals surface area contributed by atoms with Crippen LogP contribution in [0.5, 0.6) is 5.88 Å². The molecule has 1 aliphatic rings. The Morgan fingerprint density at radius 3 is 2.76 bits per heavy atom. The Balaban J connectivity index is 1.78. The van der Waals surface area contributed by atoms with Crippen molar-refractivity contribution in [2.75, 3.05) is 20.3 Å². The molecule has 0 saturated carbocycles. The van der Waals surface area contributed by atoms with Crippen LogP contribution in [0, 0.1) is 5.82 Å². The number of methoxy groups -OCH3 is 1. The number of halogens is 1. The van der Waals surface area contributed by atoms with Crippen molar-refractivity contribution in [3.8, 4) is 17.3 Å². The molecule has 1 fully saturated rings. The number of hydrogen-bond acceptors (Lipinski definition) is 6. The van der Waals surface area contributed by atoms with Crippen LogP contribution in [0.1, 0.15) is 17.8 Å². The Morgan fingerprint density at radius 2 is 2.04 bits per heavy atom. The zero-order valence-electron chi connectivity index (χ0n) is 13.6. The summed E-state index contributed by atoms with van der Waals surface area (Å²) in [5, 5.41) is 4.18. The average Bonchev–Trinajstić information content (AvgIpc) is 3.32. The maximum absolute atomic E-state index is 13.3. The van der Waals surface area contributed by atoms with E-state index >= 15 is 0 Å². The third kappa shape index (κ3) is 2.66. The van der Waals surface area contributed by atoms with Gasteiger partial charge in [0.05, 0.1) is 19.1 Å². The molecule has 3 aromatic rings. The van der Waals surface area contributed by atoms with Crippen LogP contribution in [-0.2, 0) is 10.2 Å². The van der Waals surface area contributed by atoms with Gasteiger partial charge in [-0.25, -0.2) is 9.37 Å². The third-order valence-corrected chi connectivity index (χ3v) is 4.47. The molecule has 6 nitrogen and oxygen atoms in total. The van der Waals surface area contributed by atoms with Crippen LogP contribution in [0.25, 0.3) is 11.5 Å². The number of nitrogens with zero attached hydrogens (tertiary/aromatic N) is 3. The van der Waals surface area contributed by atoms with Crippen LogP contribution in [0.3, 0.4) is 0 Å². The maximum Gasteiger partial charge on any atom is 0.263 e. The highest BCUT2D eigenvalue weighted by atomic mass is 19.1. The molecule has 0 radical (unpaired) electrons. The van der Waals surface area contributed by atoms with Crippen LogP contribution in [0.2, 0.25) is 0 Å². The largest absolute Gasteiger partial charge is 0.480 e. The number of pyridine rings is 1. The van der Waals surface area contributed by atoms with Crippen molar-refractivity contribution < 1.29 is 18.4 Å². The fourth-order valence-electron chi connectivity index (χ4n) is 3.11. The van der Waals surface area contributed by atoms with Gasteiger partial charge in [0.15, 0.2) is 5.82 Å². The molecule has 2 aromatic heterocycles. The number of hydrogen-bond donors (Lipinski definition) is 0. The quantitative estimate of drug-likeness (QED) is 0.726. The second-order valence-electron chi connectivity index (χ2n) is 5.87. The first-order valence-corrected chi connectivity index (χ1v) is 7.90. The van der Waals surface area contributed by atoms with Crippen molar-refractivity contribution in [3.63, 3.8) is 0 Å². The highest BCUT2D eigenvalue weighted by molar-refractivity contribution is 5.59. The number of aromatic nitrogens is 3. The molecule has 1 aliphatic heterocycles. The second kappa shape index (κ2) is 6.25. The van der Waals surface area contributed by atoms with E-state index in [1.54, 1.807) is 30.5 Å². The van der Waals surface area contributed by atoms with E-state index in [0.717, 1.165) is 5.56 Å². The Morgan fingerprint density at radius 1 is 1.20 bits per heavy atom. The standard InChI is InChI=1S/C18H16FN3O3/c1-23-15-14(3-2-9-20-15)16-21-17(22-25-16)18(8-10-24-11-18)12-4-6-13(19)7-5-12/h2-7,9H,8,10-11H2,1H3. The molecular formula is C18H16FN3O3. The van der Waals surface area contributed by atoms with Gasteiger partial charge in [-0.3, -0.25) is 0 Å². The second-order valence-corrected chi connectivity index (χ2v) is 5.87. The van der Waals surface area contributed by atoms with Crippen LogP contribution in [0.4, 0.5) is 4.39 Å². The van der Waals surface area contributed by atoms with Gasteiger partial charge in [0.25, 0.3) is 5.89 Å². The summed E-state index contributed by atoms with van der Waals surface area (Å²) in [6.45, 7) is 0.999. The first kappa shape index (κ1) is 15.7. The maximum atomic E-state index is 13.3. The fraction of sp³-hybridized carbons (Fsp3) is 0.278. The Labute approximate surface area is 143 Å². The summed E-state index contributed by atoms with van der Waals surface area (Å²) >= 11 is 0. The summed E-state index contributed by atoms with van der Waals surface area (Å²) in [5.41, 5.74) is 0.971. The van der Waals surface area contributed by atoms with Gasteiger partial charge in [-0.1, -0.05) is 17.3 Å². The molecule has 1 saturated heterocycles. The lowest BCUT2D eigenvalue weighted by atomic mass is 9.79. The Kier molecular flexibility index (Phi) is 3.93. The smallest absolute Gasteiger partial charge is 0.263 e. The number of ether oxygens (including phenoxy) is 2. The summed E-state index contributed by atoms with van der Waals surface area (Å²) in [6, 6.07) is 9.92. The summed E-state index contributed by atoms with van der Waals surface area (Å²) in [5.74, 6) is 0.966. The van der Waals surface area contributed by atoms with Gasteiger partial charge in [0, 0.05) is 12.8 Å². The van der Waals surface area contributed by atoms with Gasteiger partial charge < -0.3 is 14.0 Å². The first-order valence-electron chi connectivity index (χ1n) is 7.90. The molecule has 1 aromatic carbocycles. The van der Waals surface area contributed by atoms with Gasteiger partial charge in [-0.15, -0.1) is 0 Å². The summed E-state index contributed by atoms with van der Waals surface area (Å²) < 4.78 is 29.6. The van der Waals surface area contributed by atoms with Gasteiger partial charge >= 0.3 is 0 Å². The van der Waals surface area contributed by atoms with Gasteiger partial charge in [-0.2, -0.15) is 4.98 Å². The normalized spacial score (nSPS) is 19.9. The molecule has 0 amide bonds. The molecule has 3 heterocycles. The SMILES string of the molecule is COc1ncccc1-c1nc(C2(c3ccc(F)cc3)CCOC2)no1. The molecule has 0 bridgehead atoms. The van der Waals surface area contributed by atoms with Gasteiger partial charge in [0.1, 0.15) is 11.4 Å². The Hall–Kier alpha value is -2.80. The molecule has 0 N–H and O–H groups in total. The van der Waals surface area contributed by atoms with E-state index in [0.29, 0.717) is 42.8 Å². The highest BCUT2D eigenvalue weighted by Gasteiger charge is 2.43. The molecule has 7 heteroatoms. The van der Waals surface area contributed by atoms with E-state index in [4.69, 9.17) is 14.0 Å². The zero-order chi connectivity index (χ0) is 17.3.